The maximum absolute atomic E-state index is 4.87. The van der Waals surface area contributed by atoms with E-state index >= 15 is 0 Å². The molecule has 12 rings (SSSR count). The van der Waals surface area contributed by atoms with Crippen LogP contribution in [0.4, 0.5) is 11.4 Å². The van der Waals surface area contributed by atoms with Crippen molar-refractivity contribution in [3.05, 3.63) is 248 Å². The fraction of sp³-hybridized carbons (Fsp3) is 0.0164. The molecule has 0 aliphatic carbocycles. The first kappa shape index (κ1) is 37.5. The minimum absolute atomic E-state index is 0.970. The van der Waals surface area contributed by atoms with E-state index in [1.807, 2.05) is 0 Å². The van der Waals surface area contributed by atoms with Crippen LogP contribution in [0.5, 0.6) is 0 Å². The van der Waals surface area contributed by atoms with E-state index in [2.05, 4.69) is 247 Å². The Balaban J connectivity index is 1.22. The van der Waals surface area contributed by atoms with Crippen molar-refractivity contribution in [2.24, 2.45) is 0 Å². The van der Waals surface area contributed by atoms with Crippen LogP contribution in [0.25, 0.3) is 94.4 Å². The molecule has 0 radical (unpaired) electrons. The van der Waals surface area contributed by atoms with Gasteiger partial charge in [-0.1, -0.05) is 176 Å². The Hall–Kier alpha value is -8.24. The molecule has 1 aliphatic rings. The highest BCUT2D eigenvalue weighted by molar-refractivity contribution is 6.33. The smallest absolute Gasteiger partial charge is 0.161 e. The summed E-state index contributed by atoms with van der Waals surface area (Å²) in [6, 6.07) is 74.9. The van der Waals surface area contributed by atoms with Crippen LogP contribution in [-0.4, -0.2) is 9.13 Å². The number of aromatic nitrogens is 2. The van der Waals surface area contributed by atoms with E-state index in [-0.39, 0.29) is 0 Å². The lowest BCUT2D eigenvalue weighted by Gasteiger charge is -2.17. The predicted octanol–water partition coefficient (Wildman–Crippen LogP) is 15.1. The van der Waals surface area contributed by atoms with Crippen LogP contribution in [0, 0.1) is 6.92 Å². The third-order valence-electron chi connectivity index (χ3n) is 13.1. The Morgan fingerprint density at radius 1 is 0.484 bits per heavy atom. The van der Waals surface area contributed by atoms with Crippen molar-refractivity contribution in [1.29, 1.82) is 0 Å². The third kappa shape index (κ3) is 5.94. The van der Waals surface area contributed by atoms with Crippen LogP contribution in [0.2, 0.25) is 0 Å². The lowest BCUT2D eigenvalue weighted by molar-refractivity contribution is -0.704. The van der Waals surface area contributed by atoms with Gasteiger partial charge in [0, 0.05) is 33.6 Å². The van der Waals surface area contributed by atoms with Crippen molar-refractivity contribution in [2.75, 3.05) is 0 Å². The second kappa shape index (κ2) is 15.3. The van der Waals surface area contributed by atoms with Gasteiger partial charge in [0.05, 0.1) is 38.6 Å². The van der Waals surface area contributed by atoms with Crippen molar-refractivity contribution in [3.63, 3.8) is 0 Å². The molecule has 9 aromatic carbocycles. The van der Waals surface area contributed by atoms with Gasteiger partial charge in [0.1, 0.15) is 11.4 Å². The number of fused-ring (bicyclic) bond motifs is 12. The van der Waals surface area contributed by atoms with Gasteiger partial charge in [0.2, 0.25) is 0 Å². The summed E-state index contributed by atoms with van der Waals surface area (Å²) in [5.74, 6) is 0. The molecule has 0 saturated carbocycles. The molecule has 3 heterocycles. The molecule has 64 heavy (non-hydrogen) atoms. The lowest BCUT2D eigenvalue weighted by atomic mass is 9.97. The van der Waals surface area contributed by atoms with Gasteiger partial charge in [-0.2, -0.15) is 0 Å². The normalized spacial score (nSPS) is 13.5. The number of nitrogens with zero attached hydrogens (tertiary/aromatic N) is 2. The van der Waals surface area contributed by atoms with Crippen molar-refractivity contribution in [1.82, 2.24) is 9.13 Å². The van der Waals surface area contributed by atoms with Gasteiger partial charge >= 0.3 is 0 Å². The van der Waals surface area contributed by atoms with Crippen LogP contribution in [0.15, 0.2) is 237 Å². The molecule has 302 valence electrons. The van der Waals surface area contributed by atoms with Crippen molar-refractivity contribution >= 4 is 61.1 Å². The Morgan fingerprint density at radius 2 is 1.02 bits per heavy atom. The molecule has 0 spiro atoms. The Labute approximate surface area is 373 Å². The van der Waals surface area contributed by atoms with Crippen LogP contribution in [0.3, 0.4) is 0 Å². The molecular weight excluding hydrogens is 775 g/mol. The number of allylic oxidation sites excluding steroid dienone is 3. The summed E-state index contributed by atoms with van der Waals surface area (Å²) in [5.41, 5.74) is 20.0. The van der Waals surface area contributed by atoms with E-state index in [4.69, 9.17) is 6.58 Å². The second-order valence-corrected chi connectivity index (χ2v) is 16.8. The van der Waals surface area contributed by atoms with E-state index < -0.39 is 0 Å². The zero-order valence-corrected chi connectivity index (χ0v) is 35.5. The number of hydrogen-bond donors (Lipinski definition) is 1. The molecule has 0 amide bonds. The van der Waals surface area contributed by atoms with E-state index in [1.54, 1.807) is 0 Å². The summed E-state index contributed by atoms with van der Waals surface area (Å²) in [7, 11) is 0. The van der Waals surface area contributed by atoms with Gasteiger partial charge < -0.3 is 9.13 Å². The highest BCUT2D eigenvalue weighted by atomic mass is 15.2. The molecule has 0 bridgehead atoms. The largest absolute Gasteiger partial charge is 0.308 e. The summed E-state index contributed by atoms with van der Waals surface area (Å²) in [6.07, 6.45) is 8.65. The Morgan fingerprint density at radius 3 is 1.67 bits per heavy atom. The average Bonchev–Trinajstić information content (AvgIpc) is 4.00. The second-order valence-electron chi connectivity index (χ2n) is 16.8. The summed E-state index contributed by atoms with van der Waals surface area (Å²) in [4.78, 5) is 1.16. The SMILES string of the molecule is C=C(C=CC=Cc1ccccc1C)[NH+]1c2ccccc2-c2c1c1c3ccccc3n(-c3cccc(-c4ccccc4)c3)c1c1c3ccccc3n(-c3cccc(-c4ccccc4)c3)c21. The summed E-state index contributed by atoms with van der Waals surface area (Å²) >= 11 is 0. The average molecular weight is 819 g/mol. The zero-order chi connectivity index (χ0) is 42.7. The fourth-order valence-corrected chi connectivity index (χ4v) is 10.2. The molecule has 3 nitrogen and oxygen atoms in total. The van der Waals surface area contributed by atoms with Gasteiger partial charge in [-0.25, -0.2) is 4.90 Å². The van der Waals surface area contributed by atoms with E-state index in [1.165, 1.54) is 94.0 Å². The van der Waals surface area contributed by atoms with E-state index in [9.17, 15) is 0 Å². The lowest BCUT2D eigenvalue weighted by Crippen LogP contribution is -2.98. The number of quaternary nitrogens is 1. The zero-order valence-electron chi connectivity index (χ0n) is 35.5. The molecule has 1 aliphatic heterocycles. The van der Waals surface area contributed by atoms with E-state index in [0.29, 0.717) is 0 Å². The van der Waals surface area contributed by atoms with Gasteiger partial charge in [-0.15, -0.1) is 0 Å². The minimum Gasteiger partial charge on any atom is -0.308 e. The van der Waals surface area contributed by atoms with Gasteiger partial charge in [-0.3, -0.25) is 0 Å². The number of para-hydroxylation sites is 3. The quantitative estimate of drug-likeness (QED) is 0.147. The van der Waals surface area contributed by atoms with Gasteiger partial charge in [-0.05, 0) is 95.4 Å². The highest BCUT2D eigenvalue weighted by Gasteiger charge is 2.41. The van der Waals surface area contributed by atoms with Crippen molar-refractivity contribution in [2.45, 2.75) is 6.92 Å². The molecule has 1 atom stereocenters. The number of nitrogens with one attached hydrogen (secondary N) is 1. The van der Waals surface area contributed by atoms with Crippen molar-refractivity contribution < 1.29 is 4.90 Å². The maximum Gasteiger partial charge on any atom is 0.161 e. The molecule has 3 heteroatoms. The number of benzene rings is 9. The Bertz CT molecular complexity index is 3690. The van der Waals surface area contributed by atoms with Crippen LogP contribution in [0.1, 0.15) is 11.1 Å². The molecule has 0 fully saturated rings. The molecule has 0 saturated heterocycles. The van der Waals surface area contributed by atoms with Crippen LogP contribution in [-0.2, 0) is 0 Å². The number of hydrogen-bond acceptors (Lipinski definition) is 0. The molecule has 1 unspecified atom stereocenters. The standard InChI is InChI=1S/C61H43N3/c1-41-21-9-11-23-43(41)24-12-10-22-42(2)62-53-36-16-13-33-50(53)56-59(62)57-51-34-14-17-37-54(51)63(48-31-19-29-46(39-48)44-25-5-3-6-26-44)61(57)58-52-35-15-18-38-55(52)64(60(56)58)49-32-20-30-47(40-49)45-27-7-4-8-28-45/h3-40H,2H2,1H3/p+1. The summed E-state index contributed by atoms with van der Waals surface area (Å²) in [5, 5.41) is 4.89. The molecule has 11 aromatic rings. The first-order chi connectivity index (χ1) is 31.6. The minimum atomic E-state index is 0.970. The summed E-state index contributed by atoms with van der Waals surface area (Å²) in [6.45, 7) is 7.03. The topological polar surface area (TPSA) is 14.3 Å². The van der Waals surface area contributed by atoms with Crippen LogP contribution >= 0.6 is 0 Å². The molecule has 2 aromatic heterocycles. The van der Waals surface area contributed by atoms with Crippen molar-refractivity contribution in [3.8, 4) is 44.8 Å². The van der Waals surface area contributed by atoms with Crippen LogP contribution < -0.4 is 4.90 Å². The van der Waals surface area contributed by atoms with E-state index in [0.717, 1.165) is 27.5 Å². The first-order valence-corrected chi connectivity index (χ1v) is 22.0. The van der Waals surface area contributed by atoms with Gasteiger partial charge in [0.15, 0.2) is 5.69 Å². The molecular formula is C61H44N3+. The summed E-state index contributed by atoms with van der Waals surface area (Å²) < 4.78 is 5.06. The molecule has 1 N–H and O–H groups in total. The van der Waals surface area contributed by atoms with Gasteiger partial charge in [0.25, 0.3) is 0 Å². The third-order valence-corrected chi connectivity index (χ3v) is 13.1. The maximum atomic E-state index is 4.87. The number of aryl methyl sites for hydroxylation is 1. The monoisotopic (exact) mass is 818 g/mol. The highest BCUT2D eigenvalue weighted by Crippen LogP contribution is 2.53. The predicted molar refractivity (Wildman–Crippen MR) is 270 cm³/mol. The Kier molecular flexibility index (Phi) is 8.96. The number of rotatable bonds is 8. The fourth-order valence-electron chi connectivity index (χ4n) is 10.2. The first-order valence-electron chi connectivity index (χ1n) is 22.0.